The molecule has 0 saturated heterocycles. The Labute approximate surface area is 134 Å². The first-order valence-corrected chi connectivity index (χ1v) is 7.01. The standard InChI is InChI=1S/C18H18O5/c1-11-7-12(2)9-14(8-11)18(20)23-15-6-5-13(17(19)22-4)10-16(15)21-3/h5-10H,1-4H3. The van der Waals surface area contributed by atoms with Crippen molar-refractivity contribution in [2.75, 3.05) is 14.2 Å². The largest absolute Gasteiger partial charge is 0.493 e. The van der Waals surface area contributed by atoms with Gasteiger partial charge in [-0.1, -0.05) is 17.2 Å². The van der Waals surface area contributed by atoms with Gasteiger partial charge in [-0.25, -0.2) is 9.59 Å². The van der Waals surface area contributed by atoms with Gasteiger partial charge in [-0.05, 0) is 44.2 Å². The first-order valence-electron chi connectivity index (χ1n) is 7.01. The van der Waals surface area contributed by atoms with E-state index < -0.39 is 11.9 Å². The van der Waals surface area contributed by atoms with Gasteiger partial charge in [-0.2, -0.15) is 0 Å². The van der Waals surface area contributed by atoms with Gasteiger partial charge in [0, 0.05) is 0 Å². The molecule has 0 bridgehead atoms. The summed E-state index contributed by atoms with van der Waals surface area (Å²) in [6, 6.07) is 9.97. The summed E-state index contributed by atoms with van der Waals surface area (Å²) in [7, 11) is 2.73. The average molecular weight is 314 g/mol. The molecule has 5 heteroatoms. The normalized spacial score (nSPS) is 10.1. The van der Waals surface area contributed by atoms with Crippen LogP contribution in [-0.2, 0) is 4.74 Å². The van der Waals surface area contributed by atoms with E-state index in [1.54, 1.807) is 12.1 Å². The number of ether oxygens (including phenoxy) is 3. The highest BCUT2D eigenvalue weighted by atomic mass is 16.6. The monoisotopic (exact) mass is 314 g/mol. The van der Waals surface area contributed by atoms with E-state index in [4.69, 9.17) is 9.47 Å². The van der Waals surface area contributed by atoms with E-state index in [0.717, 1.165) is 11.1 Å². The molecule has 2 aromatic carbocycles. The van der Waals surface area contributed by atoms with E-state index in [2.05, 4.69) is 4.74 Å². The molecule has 120 valence electrons. The minimum Gasteiger partial charge on any atom is -0.493 e. The number of hydrogen-bond acceptors (Lipinski definition) is 5. The molecule has 0 N–H and O–H groups in total. The number of carbonyl (C=O) groups is 2. The fourth-order valence-electron chi connectivity index (χ4n) is 2.25. The van der Waals surface area contributed by atoms with Crippen molar-refractivity contribution >= 4 is 11.9 Å². The number of methoxy groups -OCH3 is 2. The molecule has 2 rings (SSSR count). The summed E-state index contributed by atoms with van der Waals surface area (Å²) >= 11 is 0. The lowest BCUT2D eigenvalue weighted by Gasteiger charge is -2.11. The van der Waals surface area contributed by atoms with Crippen molar-refractivity contribution in [3.8, 4) is 11.5 Å². The van der Waals surface area contributed by atoms with Crippen molar-refractivity contribution in [2.45, 2.75) is 13.8 Å². The minimum atomic E-state index is -0.490. The van der Waals surface area contributed by atoms with Crippen molar-refractivity contribution < 1.29 is 23.8 Å². The molecule has 5 nitrogen and oxygen atoms in total. The third-order valence-electron chi connectivity index (χ3n) is 3.24. The fourth-order valence-corrected chi connectivity index (χ4v) is 2.25. The van der Waals surface area contributed by atoms with E-state index in [1.807, 2.05) is 19.9 Å². The second-order valence-corrected chi connectivity index (χ2v) is 5.12. The van der Waals surface area contributed by atoms with Crippen LogP contribution in [0, 0.1) is 13.8 Å². The Morgan fingerprint density at radius 2 is 1.43 bits per heavy atom. The van der Waals surface area contributed by atoms with Crippen LogP contribution in [0.5, 0.6) is 11.5 Å². The zero-order valence-electron chi connectivity index (χ0n) is 13.5. The summed E-state index contributed by atoms with van der Waals surface area (Å²) in [5.41, 5.74) is 2.73. The summed E-state index contributed by atoms with van der Waals surface area (Å²) in [5, 5.41) is 0. The Balaban J connectivity index is 2.28. The molecule has 0 radical (unpaired) electrons. The van der Waals surface area contributed by atoms with E-state index in [-0.39, 0.29) is 11.5 Å². The number of rotatable bonds is 4. The van der Waals surface area contributed by atoms with Crippen LogP contribution in [0.4, 0.5) is 0 Å². The molecule has 0 aliphatic heterocycles. The summed E-state index contributed by atoms with van der Waals surface area (Å²) in [6.07, 6.45) is 0. The lowest BCUT2D eigenvalue weighted by atomic mass is 10.1. The molecule has 0 amide bonds. The highest BCUT2D eigenvalue weighted by Crippen LogP contribution is 2.29. The molecule has 0 spiro atoms. The second kappa shape index (κ2) is 6.96. The second-order valence-electron chi connectivity index (χ2n) is 5.12. The maximum absolute atomic E-state index is 12.3. The predicted octanol–water partition coefficient (Wildman–Crippen LogP) is 3.32. The van der Waals surface area contributed by atoms with E-state index in [1.165, 1.54) is 32.4 Å². The zero-order chi connectivity index (χ0) is 17.0. The molecule has 0 atom stereocenters. The lowest BCUT2D eigenvalue weighted by molar-refractivity contribution is 0.0600. The number of carbonyl (C=O) groups excluding carboxylic acids is 2. The van der Waals surface area contributed by atoms with Gasteiger partial charge in [0.2, 0.25) is 0 Å². The Bertz CT molecular complexity index is 729. The summed E-state index contributed by atoms with van der Waals surface area (Å²) in [4.78, 5) is 23.8. The molecular formula is C18H18O5. The Morgan fingerprint density at radius 1 is 0.783 bits per heavy atom. The molecule has 2 aromatic rings. The van der Waals surface area contributed by atoms with E-state index >= 15 is 0 Å². The van der Waals surface area contributed by atoms with Crippen LogP contribution in [-0.4, -0.2) is 26.2 Å². The third-order valence-corrected chi connectivity index (χ3v) is 3.24. The van der Waals surface area contributed by atoms with Crippen molar-refractivity contribution in [2.24, 2.45) is 0 Å². The molecule has 0 unspecified atom stereocenters. The Kier molecular flexibility index (Phi) is 5.01. The zero-order valence-corrected chi connectivity index (χ0v) is 13.5. The van der Waals surface area contributed by atoms with Crippen molar-refractivity contribution in [1.29, 1.82) is 0 Å². The number of aryl methyl sites for hydroxylation is 2. The Morgan fingerprint density at radius 3 is 2.00 bits per heavy atom. The molecule has 0 aliphatic carbocycles. The van der Waals surface area contributed by atoms with Gasteiger partial charge < -0.3 is 14.2 Å². The predicted molar refractivity (Wildman–Crippen MR) is 85.2 cm³/mol. The van der Waals surface area contributed by atoms with E-state index in [0.29, 0.717) is 11.1 Å². The molecule has 0 aromatic heterocycles. The summed E-state index contributed by atoms with van der Waals surface area (Å²) in [5.74, 6) is -0.452. The number of benzene rings is 2. The van der Waals surface area contributed by atoms with Crippen LogP contribution in [0.2, 0.25) is 0 Å². The molecule has 0 heterocycles. The summed E-state index contributed by atoms with van der Waals surface area (Å²) < 4.78 is 15.2. The molecule has 0 aliphatic rings. The first-order chi connectivity index (χ1) is 10.9. The average Bonchev–Trinajstić information content (AvgIpc) is 2.53. The van der Waals surface area contributed by atoms with Crippen LogP contribution in [0.15, 0.2) is 36.4 Å². The Hall–Kier alpha value is -2.82. The van der Waals surface area contributed by atoms with Crippen LogP contribution in [0.1, 0.15) is 31.8 Å². The van der Waals surface area contributed by atoms with E-state index in [9.17, 15) is 9.59 Å². The number of esters is 2. The quantitative estimate of drug-likeness (QED) is 0.640. The molecular weight excluding hydrogens is 296 g/mol. The molecule has 0 saturated carbocycles. The topological polar surface area (TPSA) is 61.8 Å². The van der Waals surface area contributed by atoms with Gasteiger partial charge in [0.15, 0.2) is 11.5 Å². The van der Waals surface area contributed by atoms with Crippen molar-refractivity contribution in [3.63, 3.8) is 0 Å². The summed E-state index contributed by atoms with van der Waals surface area (Å²) in [6.45, 7) is 3.82. The molecule has 23 heavy (non-hydrogen) atoms. The van der Waals surface area contributed by atoms with Crippen molar-refractivity contribution in [1.82, 2.24) is 0 Å². The maximum Gasteiger partial charge on any atom is 0.343 e. The fraction of sp³-hybridized carbons (Fsp3) is 0.222. The van der Waals surface area contributed by atoms with Gasteiger partial charge >= 0.3 is 11.9 Å². The minimum absolute atomic E-state index is 0.240. The van der Waals surface area contributed by atoms with Crippen LogP contribution in [0.3, 0.4) is 0 Å². The van der Waals surface area contributed by atoms with Crippen LogP contribution in [0.25, 0.3) is 0 Å². The van der Waals surface area contributed by atoms with Crippen molar-refractivity contribution in [3.05, 3.63) is 58.7 Å². The smallest absolute Gasteiger partial charge is 0.343 e. The SMILES string of the molecule is COC(=O)c1ccc(OC(=O)c2cc(C)cc(C)c2)c(OC)c1. The maximum atomic E-state index is 12.3. The first kappa shape index (κ1) is 16.5. The van der Waals surface area contributed by atoms with Crippen LogP contribution < -0.4 is 9.47 Å². The highest BCUT2D eigenvalue weighted by Gasteiger charge is 2.15. The third kappa shape index (κ3) is 3.88. The van der Waals surface area contributed by atoms with Gasteiger partial charge in [-0.3, -0.25) is 0 Å². The lowest BCUT2D eigenvalue weighted by Crippen LogP contribution is -2.10. The molecule has 0 fully saturated rings. The van der Waals surface area contributed by atoms with Gasteiger partial charge in [0.05, 0.1) is 25.3 Å². The van der Waals surface area contributed by atoms with Gasteiger partial charge in [-0.15, -0.1) is 0 Å². The van der Waals surface area contributed by atoms with Crippen LogP contribution >= 0.6 is 0 Å². The van der Waals surface area contributed by atoms with Gasteiger partial charge in [0.1, 0.15) is 0 Å². The number of hydrogen-bond donors (Lipinski definition) is 0. The van der Waals surface area contributed by atoms with Gasteiger partial charge in [0.25, 0.3) is 0 Å². The highest BCUT2D eigenvalue weighted by molar-refractivity contribution is 5.93.